The van der Waals surface area contributed by atoms with Gasteiger partial charge in [0.15, 0.2) is 0 Å². The number of halogens is 2. The molecule has 0 radical (unpaired) electrons. The summed E-state index contributed by atoms with van der Waals surface area (Å²) in [5.74, 6) is 0. The van der Waals surface area contributed by atoms with E-state index in [0.29, 0.717) is 13.2 Å². The molecule has 4 heteroatoms. The molecule has 1 unspecified atom stereocenters. The smallest absolute Gasteiger partial charge is 0.0951 e. The third-order valence-corrected chi connectivity index (χ3v) is 3.82. The summed E-state index contributed by atoms with van der Waals surface area (Å²) in [6.07, 6.45) is -0.0768. The van der Waals surface area contributed by atoms with Crippen LogP contribution in [0, 0.1) is 0 Å². The Morgan fingerprint density at radius 3 is 2.37 bits per heavy atom. The van der Waals surface area contributed by atoms with Gasteiger partial charge in [0.25, 0.3) is 0 Å². The third kappa shape index (κ3) is 4.42. The molecule has 0 aromatic heterocycles. The average Bonchev–Trinajstić information content (AvgIpc) is 2.41. The predicted molar refractivity (Wildman–Crippen MR) is 84.9 cm³/mol. The van der Waals surface area contributed by atoms with Crippen LogP contribution >= 0.6 is 31.9 Å². The van der Waals surface area contributed by atoms with Crippen LogP contribution in [0.25, 0.3) is 0 Å². The molecule has 0 amide bonds. The maximum absolute atomic E-state index is 5.90. The van der Waals surface area contributed by atoms with Gasteiger partial charge in [-0.15, -0.1) is 0 Å². The van der Waals surface area contributed by atoms with Crippen LogP contribution in [0.15, 0.2) is 57.5 Å². The van der Waals surface area contributed by atoms with Gasteiger partial charge in [-0.25, -0.2) is 0 Å². The highest BCUT2D eigenvalue weighted by atomic mass is 79.9. The second-order valence-corrected chi connectivity index (χ2v) is 6.05. The minimum Gasteiger partial charge on any atom is -0.368 e. The molecule has 100 valence electrons. The lowest BCUT2D eigenvalue weighted by molar-refractivity contribution is 0.0456. The van der Waals surface area contributed by atoms with Gasteiger partial charge >= 0.3 is 0 Å². The summed E-state index contributed by atoms with van der Waals surface area (Å²) in [7, 11) is 0. The van der Waals surface area contributed by atoms with E-state index in [1.165, 1.54) is 0 Å². The first-order valence-electron chi connectivity index (χ1n) is 6.00. The Hall–Kier alpha value is -0.680. The second-order valence-electron chi connectivity index (χ2n) is 4.22. The van der Waals surface area contributed by atoms with Crippen molar-refractivity contribution in [2.24, 2.45) is 5.73 Å². The van der Waals surface area contributed by atoms with Crippen LogP contribution in [0.3, 0.4) is 0 Å². The maximum Gasteiger partial charge on any atom is 0.0951 e. The normalized spacial score (nSPS) is 12.4. The summed E-state index contributed by atoms with van der Waals surface area (Å²) in [5, 5.41) is 0. The van der Waals surface area contributed by atoms with E-state index < -0.39 is 0 Å². The van der Waals surface area contributed by atoms with Gasteiger partial charge < -0.3 is 10.5 Å². The highest BCUT2D eigenvalue weighted by Gasteiger charge is 2.10. The van der Waals surface area contributed by atoms with Crippen molar-refractivity contribution < 1.29 is 4.74 Å². The number of hydrogen-bond donors (Lipinski definition) is 1. The fraction of sp³-hybridized carbons (Fsp3) is 0.200. The Bertz CT molecular complexity index is 528. The number of rotatable bonds is 5. The minimum atomic E-state index is -0.0768. The highest BCUT2D eigenvalue weighted by Crippen LogP contribution is 2.21. The molecular formula is C15H15Br2NO. The summed E-state index contributed by atoms with van der Waals surface area (Å²) in [6, 6.07) is 16.2. The summed E-state index contributed by atoms with van der Waals surface area (Å²) >= 11 is 6.88. The Morgan fingerprint density at radius 2 is 1.74 bits per heavy atom. The molecule has 0 aliphatic rings. The predicted octanol–water partition coefficient (Wildman–Crippen LogP) is 4.43. The number of ether oxygens (including phenoxy) is 1. The fourth-order valence-corrected chi connectivity index (χ4v) is 2.51. The molecule has 0 aliphatic heterocycles. The van der Waals surface area contributed by atoms with E-state index in [9.17, 15) is 0 Å². The first-order chi connectivity index (χ1) is 9.19. The van der Waals surface area contributed by atoms with Crippen LogP contribution in [-0.4, -0.2) is 6.54 Å². The average molecular weight is 385 g/mol. The first kappa shape index (κ1) is 14.7. The molecule has 0 heterocycles. The van der Waals surface area contributed by atoms with Crippen molar-refractivity contribution in [1.82, 2.24) is 0 Å². The van der Waals surface area contributed by atoms with E-state index in [0.717, 1.165) is 20.1 Å². The Morgan fingerprint density at radius 1 is 1.00 bits per heavy atom. The molecule has 0 fully saturated rings. The van der Waals surface area contributed by atoms with Gasteiger partial charge in [0.1, 0.15) is 0 Å². The van der Waals surface area contributed by atoms with E-state index >= 15 is 0 Å². The molecule has 2 aromatic carbocycles. The summed E-state index contributed by atoms with van der Waals surface area (Å²) < 4.78 is 8.01. The van der Waals surface area contributed by atoms with Crippen molar-refractivity contribution in [2.75, 3.05) is 6.54 Å². The lowest BCUT2D eigenvalue weighted by Gasteiger charge is -2.16. The molecule has 2 N–H and O–H groups in total. The Balaban J connectivity index is 2.01. The monoisotopic (exact) mass is 383 g/mol. The van der Waals surface area contributed by atoms with Crippen LogP contribution in [0.1, 0.15) is 17.2 Å². The summed E-state index contributed by atoms with van der Waals surface area (Å²) in [4.78, 5) is 0. The van der Waals surface area contributed by atoms with E-state index in [2.05, 4.69) is 37.9 Å². The van der Waals surface area contributed by atoms with Crippen LogP contribution in [0.5, 0.6) is 0 Å². The standard InChI is InChI=1S/C15H15Br2NO/c16-13-6-4-12(5-7-13)15(9-18)19-10-11-2-1-3-14(17)8-11/h1-8,15H,9-10,18H2. The van der Waals surface area contributed by atoms with Gasteiger partial charge in [-0.1, -0.05) is 56.1 Å². The lowest BCUT2D eigenvalue weighted by atomic mass is 10.1. The maximum atomic E-state index is 5.90. The number of nitrogens with two attached hydrogens (primary N) is 1. The van der Waals surface area contributed by atoms with Gasteiger partial charge in [-0.05, 0) is 35.4 Å². The molecular weight excluding hydrogens is 370 g/mol. The van der Waals surface area contributed by atoms with Gasteiger partial charge in [0.2, 0.25) is 0 Å². The molecule has 2 rings (SSSR count). The van der Waals surface area contributed by atoms with Gasteiger partial charge in [0, 0.05) is 15.5 Å². The molecule has 1 atom stereocenters. The minimum absolute atomic E-state index is 0.0768. The number of benzene rings is 2. The van der Waals surface area contributed by atoms with Crippen molar-refractivity contribution in [2.45, 2.75) is 12.7 Å². The van der Waals surface area contributed by atoms with E-state index in [1.54, 1.807) is 0 Å². The Kier molecular flexibility index (Phi) is 5.58. The van der Waals surface area contributed by atoms with Gasteiger partial charge in [-0.2, -0.15) is 0 Å². The lowest BCUT2D eigenvalue weighted by Crippen LogP contribution is -2.15. The van der Waals surface area contributed by atoms with Crippen molar-refractivity contribution >= 4 is 31.9 Å². The zero-order chi connectivity index (χ0) is 13.7. The van der Waals surface area contributed by atoms with E-state index in [1.807, 2.05) is 42.5 Å². The molecule has 0 aliphatic carbocycles. The van der Waals surface area contributed by atoms with E-state index in [4.69, 9.17) is 10.5 Å². The molecule has 0 saturated carbocycles. The first-order valence-corrected chi connectivity index (χ1v) is 7.59. The molecule has 0 bridgehead atoms. The largest absolute Gasteiger partial charge is 0.368 e. The molecule has 2 nitrogen and oxygen atoms in total. The molecule has 19 heavy (non-hydrogen) atoms. The van der Waals surface area contributed by atoms with Crippen molar-refractivity contribution in [3.05, 3.63) is 68.6 Å². The quantitative estimate of drug-likeness (QED) is 0.827. The van der Waals surface area contributed by atoms with Crippen molar-refractivity contribution in [1.29, 1.82) is 0 Å². The highest BCUT2D eigenvalue weighted by molar-refractivity contribution is 9.10. The van der Waals surface area contributed by atoms with Crippen LogP contribution in [0.2, 0.25) is 0 Å². The summed E-state index contributed by atoms with van der Waals surface area (Å²) in [6.45, 7) is 1.02. The SMILES string of the molecule is NCC(OCc1cccc(Br)c1)c1ccc(Br)cc1. The van der Waals surface area contributed by atoms with Crippen LogP contribution in [-0.2, 0) is 11.3 Å². The van der Waals surface area contributed by atoms with Crippen molar-refractivity contribution in [3.8, 4) is 0 Å². The van der Waals surface area contributed by atoms with Crippen LogP contribution < -0.4 is 5.73 Å². The van der Waals surface area contributed by atoms with E-state index in [-0.39, 0.29) is 6.10 Å². The van der Waals surface area contributed by atoms with Gasteiger partial charge in [0.05, 0.1) is 12.7 Å². The Labute approximate surface area is 130 Å². The second kappa shape index (κ2) is 7.20. The summed E-state index contributed by atoms with van der Waals surface area (Å²) in [5.41, 5.74) is 8.02. The number of hydrogen-bond acceptors (Lipinski definition) is 2. The molecule has 0 saturated heterocycles. The zero-order valence-corrected chi connectivity index (χ0v) is 13.5. The third-order valence-electron chi connectivity index (χ3n) is 2.80. The van der Waals surface area contributed by atoms with Crippen molar-refractivity contribution in [3.63, 3.8) is 0 Å². The topological polar surface area (TPSA) is 35.2 Å². The van der Waals surface area contributed by atoms with Gasteiger partial charge in [-0.3, -0.25) is 0 Å². The van der Waals surface area contributed by atoms with Crippen LogP contribution in [0.4, 0.5) is 0 Å². The zero-order valence-electron chi connectivity index (χ0n) is 10.4. The fourth-order valence-electron chi connectivity index (χ4n) is 1.80. The molecule has 0 spiro atoms. The molecule has 2 aromatic rings.